The van der Waals surface area contributed by atoms with Gasteiger partial charge in [0.25, 0.3) is 5.56 Å². The van der Waals surface area contributed by atoms with Crippen molar-refractivity contribution in [3.05, 3.63) is 88.7 Å². The third kappa shape index (κ3) is 4.22. The van der Waals surface area contributed by atoms with Crippen LogP contribution in [0.4, 0.5) is 13.9 Å². The van der Waals surface area contributed by atoms with Gasteiger partial charge in [0.15, 0.2) is 10.3 Å². The number of hydrogen-bond acceptors (Lipinski definition) is 6. The van der Waals surface area contributed by atoms with Gasteiger partial charge in [0.1, 0.15) is 11.6 Å². The first-order valence-electron chi connectivity index (χ1n) is 9.75. The van der Waals surface area contributed by atoms with Crippen LogP contribution in [-0.4, -0.2) is 26.2 Å². The number of nitrogens with one attached hydrogen (secondary N) is 1. The summed E-state index contributed by atoms with van der Waals surface area (Å²) in [6.45, 7) is 0. The van der Waals surface area contributed by atoms with E-state index in [0.29, 0.717) is 26.3 Å². The molecule has 0 atom stereocenters. The Morgan fingerprint density at radius 3 is 2.64 bits per heavy atom. The maximum atomic E-state index is 14.5. The summed E-state index contributed by atoms with van der Waals surface area (Å²) < 4.78 is 29.7. The first-order valence-corrected chi connectivity index (χ1v) is 11.6. The number of hydrogen-bond donors (Lipinski definition) is 1. The van der Waals surface area contributed by atoms with Crippen molar-refractivity contribution in [3.63, 3.8) is 0 Å². The number of thioether (sulfide) groups is 1. The highest BCUT2D eigenvalue weighted by molar-refractivity contribution is 7.99. The average molecular weight is 481 g/mol. The summed E-state index contributed by atoms with van der Waals surface area (Å²) in [5.74, 6) is -1.44. The highest BCUT2D eigenvalue weighted by atomic mass is 32.2. The zero-order valence-electron chi connectivity index (χ0n) is 16.8. The van der Waals surface area contributed by atoms with Crippen LogP contribution in [0.25, 0.3) is 26.8 Å². The van der Waals surface area contributed by atoms with Gasteiger partial charge in [-0.15, -0.1) is 0 Å². The zero-order chi connectivity index (χ0) is 22.9. The Bertz CT molecular complexity index is 1580. The van der Waals surface area contributed by atoms with E-state index in [0.717, 1.165) is 23.1 Å². The van der Waals surface area contributed by atoms with Crippen LogP contribution in [0.3, 0.4) is 0 Å². The van der Waals surface area contributed by atoms with Gasteiger partial charge in [-0.05, 0) is 42.5 Å². The molecule has 6 nitrogen and oxygen atoms in total. The lowest BCUT2D eigenvalue weighted by Gasteiger charge is -2.13. The lowest BCUT2D eigenvalue weighted by Crippen LogP contribution is -2.23. The Morgan fingerprint density at radius 2 is 1.79 bits per heavy atom. The minimum Gasteiger partial charge on any atom is -0.301 e. The number of para-hydroxylation sites is 2. The van der Waals surface area contributed by atoms with E-state index in [1.54, 1.807) is 30.3 Å². The molecule has 164 valence electrons. The van der Waals surface area contributed by atoms with Gasteiger partial charge in [-0.25, -0.2) is 18.7 Å². The molecule has 0 aliphatic heterocycles. The van der Waals surface area contributed by atoms with Crippen LogP contribution in [0.15, 0.2) is 76.7 Å². The van der Waals surface area contributed by atoms with E-state index in [4.69, 9.17) is 0 Å². The second-order valence-corrected chi connectivity index (χ2v) is 8.94. The van der Waals surface area contributed by atoms with Crippen molar-refractivity contribution in [2.75, 3.05) is 11.1 Å². The van der Waals surface area contributed by atoms with Crippen molar-refractivity contribution in [1.82, 2.24) is 14.5 Å². The van der Waals surface area contributed by atoms with E-state index >= 15 is 0 Å². The van der Waals surface area contributed by atoms with E-state index in [1.807, 2.05) is 0 Å². The fraction of sp³-hybridized carbons (Fsp3) is 0.0435. The number of carbonyl (C=O) groups is 1. The Morgan fingerprint density at radius 1 is 1.00 bits per heavy atom. The summed E-state index contributed by atoms with van der Waals surface area (Å²) in [7, 11) is 0. The van der Waals surface area contributed by atoms with E-state index < -0.39 is 11.4 Å². The highest BCUT2D eigenvalue weighted by Gasteiger charge is 2.17. The molecule has 0 aliphatic carbocycles. The number of carbonyl (C=O) groups excluding carboxylic acids is 1. The molecule has 10 heteroatoms. The van der Waals surface area contributed by atoms with Gasteiger partial charge >= 0.3 is 0 Å². The molecule has 1 amide bonds. The maximum absolute atomic E-state index is 14.5. The minimum absolute atomic E-state index is 0.0526. The Balaban J connectivity index is 1.45. The van der Waals surface area contributed by atoms with E-state index in [1.165, 1.54) is 41.0 Å². The number of amides is 1. The van der Waals surface area contributed by atoms with Gasteiger partial charge in [-0.2, -0.15) is 0 Å². The molecule has 5 aromatic rings. The number of fused-ring (bicyclic) bond motifs is 2. The zero-order valence-corrected chi connectivity index (χ0v) is 18.4. The largest absolute Gasteiger partial charge is 0.301 e. The number of rotatable bonds is 5. The molecule has 0 fully saturated rings. The van der Waals surface area contributed by atoms with Gasteiger partial charge in [0.05, 0.1) is 32.6 Å². The number of nitrogens with zero attached hydrogens (tertiary/aromatic N) is 3. The third-order valence-electron chi connectivity index (χ3n) is 4.77. The normalized spacial score (nSPS) is 11.2. The van der Waals surface area contributed by atoms with Crippen molar-refractivity contribution >= 4 is 55.3 Å². The summed E-state index contributed by atoms with van der Waals surface area (Å²) in [5, 5.41) is 3.54. The number of anilines is 1. The maximum Gasteiger partial charge on any atom is 0.266 e. The summed E-state index contributed by atoms with van der Waals surface area (Å²) in [6, 6.07) is 16.9. The average Bonchev–Trinajstić information content (AvgIpc) is 3.20. The van der Waals surface area contributed by atoms with Gasteiger partial charge in [-0.1, -0.05) is 47.4 Å². The molecule has 0 bridgehead atoms. The van der Waals surface area contributed by atoms with Gasteiger partial charge in [-0.3, -0.25) is 14.2 Å². The smallest absolute Gasteiger partial charge is 0.266 e. The molecule has 0 radical (unpaired) electrons. The molecule has 5 rings (SSSR count). The molecular weight excluding hydrogens is 466 g/mol. The molecule has 0 saturated carbocycles. The summed E-state index contributed by atoms with van der Waals surface area (Å²) in [5.41, 5.74) is 0.652. The Kier molecular flexibility index (Phi) is 5.61. The molecule has 1 N–H and O–H groups in total. The summed E-state index contributed by atoms with van der Waals surface area (Å²) in [4.78, 5) is 34.5. The van der Waals surface area contributed by atoms with Crippen molar-refractivity contribution in [1.29, 1.82) is 0 Å². The van der Waals surface area contributed by atoms with Crippen molar-refractivity contribution < 1.29 is 13.6 Å². The number of aromatic nitrogens is 3. The molecule has 0 saturated heterocycles. The predicted molar refractivity (Wildman–Crippen MR) is 126 cm³/mol. The highest BCUT2D eigenvalue weighted by Crippen LogP contribution is 2.27. The molecule has 33 heavy (non-hydrogen) atoms. The van der Waals surface area contributed by atoms with E-state index in [9.17, 15) is 18.4 Å². The second-order valence-electron chi connectivity index (χ2n) is 6.97. The SMILES string of the molecule is O=C(CSc1nc2ccccc2c(=O)n1-c1ccccc1F)Nc1nc2ccc(F)cc2s1. The Labute approximate surface area is 193 Å². The molecule has 0 aliphatic rings. The molecular formula is C23H14F2N4O2S2. The number of benzene rings is 3. The number of halogens is 2. The van der Waals surface area contributed by atoms with E-state index in [2.05, 4.69) is 15.3 Å². The molecule has 0 spiro atoms. The molecule has 0 unspecified atom stereocenters. The number of thiazole rings is 1. The molecule has 3 aromatic carbocycles. The topological polar surface area (TPSA) is 76.9 Å². The monoisotopic (exact) mass is 480 g/mol. The lowest BCUT2D eigenvalue weighted by atomic mass is 10.2. The van der Waals surface area contributed by atoms with Crippen LogP contribution >= 0.6 is 23.1 Å². The van der Waals surface area contributed by atoms with Crippen molar-refractivity contribution in [3.8, 4) is 5.69 Å². The predicted octanol–water partition coefficient (Wildman–Crippen LogP) is 5.00. The minimum atomic E-state index is -0.579. The van der Waals surface area contributed by atoms with Crippen LogP contribution < -0.4 is 10.9 Å². The van der Waals surface area contributed by atoms with Crippen LogP contribution in [0.1, 0.15) is 0 Å². The van der Waals surface area contributed by atoms with E-state index in [-0.39, 0.29) is 28.3 Å². The molecule has 2 heterocycles. The second kappa shape index (κ2) is 8.72. The molecule has 2 aromatic heterocycles. The first kappa shape index (κ1) is 21.2. The van der Waals surface area contributed by atoms with Crippen LogP contribution in [0, 0.1) is 11.6 Å². The third-order valence-corrected chi connectivity index (χ3v) is 6.64. The van der Waals surface area contributed by atoms with Gasteiger partial charge < -0.3 is 5.32 Å². The standard InChI is InChI=1S/C23H14F2N4O2S2/c24-13-9-10-17-19(11-13)33-22(26-17)28-20(30)12-32-23-27-16-7-3-1-5-14(16)21(31)29(23)18-8-4-2-6-15(18)25/h1-11H,12H2,(H,26,28,30). The summed E-state index contributed by atoms with van der Waals surface area (Å²) >= 11 is 2.16. The van der Waals surface area contributed by atoms with Crippen LogP contribution in [0.5, 0.6) is 0 Å². The van der Waals surface area contributed by atoms with Gasteiger partial charge in [0.2, 0.25) is 5.91 Å². The summed E-state index contributed by atoms with van der Waals surface area (Å²) in [6.07, 6.45) is 0. The fourth-order valence-electron chi connectivity index (χ4n) is 3.29. The van der Waals surface area contributed by atoms with Crippen LogP contribution in [-0.2, 0) is 4.79 Å². The lowest BCUT2D eigenvalue weighted by molar-refractivity contribution is -0.113. The Hall–Kier alpha value is -3.63. The van der Waals surface area contributed by atoms with Crippen molar-refractivity contribution in [2.24, 2.45) is 0 Å². The van der Waals surface area contributed by atoms with Crippen molar-refractivity contribution in [2.45, 2.75) is 5.16 Å². The first-order chi connectivity index (χ1) is 16.0. The quantitative estimate of drug-likeness (QED) is 0.283. The van der Waals surface area contributed by atoms with Crippen LogP contribution in [0.2, 0.25) is 0 Å². The van der Waals surface area contributed by atoms with Gasteiger partial charge in [0, 0.05) is 0 Å². The fourth-order valence-corrected chi connectivity index (χ4v) is 5.00.